The van der Waals surface area contributed by atoms with Crippen LogP contribution in [0.4, 0.5) is 0 Å². The number of esters is 1. The van der Waals surface area contributed by atoms with E-state index in [2.05, 4.69) is 6.58 Å². The summed E-state index contributed by atoms with van der Waals surface area (Å²) in [5.74, 6) is 0.211. The molecule has 5 heteroatoms. The van der Waals surface area contributed by atoms with E-state index >= 15 is 0 Å². The van der Waals surface area contributed by atoms with Crippen molar-refractivity contribution in [1.29, 1.82) is 0 Å². The zero-order chi connectivity index (χ0) is 13.9. The number of benzene rings is 1. The summed E-state index contributed by atoms with van der Waals surface area (Å²) in [7, 11) is 0. The second kappa shape index (κ2) is 8.88. The Morgan fingerprint density at radius 1 is 1.11 bits per heavy atom. The average Bonchev–Trinajstić information content (AvgIpc) is 2.46. The van der Waals surface area contributed by atoms with Crippen LogP contribution in [0.1, 0.15) is 10.4 Å². The molecule has 0 heterocycles. The molecule has 0 unspecified atom stereocenters. The molecule has 5 nitrogen and oxygen atoms in total. The van der Waals surface area contributed by atoms with Crippen molar-refractivity contribution in [1.82, 2.24) is 0 Å². The minimum Gasteiger partial charge on any atom is -0.491 e. The summed E-state index contributed by atoms with van der Waals surface area (Å²) >= 11 is 0. The third-order valence-electron chi connectivity index (χ3n) is 2.15. The van der Waals surface area contributed by atoms with Crippen molar-refractivity contribution in [3.05, 3.63) is 42.5 Å². The fraction of sp³-hybridized carbons (Fsp3) is 0.286. The first-order valence-corrected chi connectivity index (χ1v) is 5.81. The molecule has 0 N–H and O–H groups in total. The van der Waals surface area contributed by atoms with E-state index in [0.717, 1.165) is 12.4 Å². The van der Waals surface area contributed by atoms with Crippen molar-refractivity contribution in [2.24, 2.45) is 0 Å². The van der Waals surface area contributed by atoms with Crippen LogP contribution in [0.3, 0.4) is 0 Å². The Kier molecular flexibility index (Phi) is 6.97. The van der Waals surface area contributed by atoms with Crippen LogP contribution in [-0.4, -0.2) is 38.7 Å². The summed E-state index contributed by atoms with van der Waals surface area (Å²) in [5, 5.41) is 0. The van der Waals surface area contributed by atoms with Gasteiger partial charge in [-0.3, -0.25) is 4.79 Å². The number of hydrogen-bond acceptors (Lipinski definition) is 5. The molecule has 0 atom stereocenters. The van der Waals surface area contributed by atoms with Crippen LogP contribution >= 0.6 is 0 Å². The van der Waals surface area contributed by atoms with Crippen LogP contribution in [0, 0.1) is 0 Å². The summed E-state index contributed by atoms with van der Waals surface area (Å²) in [5.41, 5.74) is 0.604. The normalized spacial score (nSPS) is 9.68. The van der Waals surface area contributed by atoms with Gasteiger partial charge in [-0.05, 0) is 24.3 Å². The molecule has 1 aromatic rings. The topological polar surface area (TPSA) is 61.8 Å². The maximum atomic E-state index is 10.7. The summed E-state index contributed by atoms with van der Waals surface area (Å²) in [6, 6.07) is 6.79. The molecule has 0 radical (unpaired) electrons. The van der Waals surface area contributed by atoms with Gasteiger partial charge < -0.3 is 14.2 Å². The van der Waals surface area contributed by atoms with Gasteiger partial charge in [-0.2, -0.15) is 0 Å². The van der Waals surface area contributed by atoms with Gasteiger partial charge in [0.1, 0.15) is 25.2 Å². The molecule has 19 heavy (non-hydrogen) atoms. The van der Waals surface area contributed by atoms with E-state index in [9.17, 15) is 9.59 Å². The third kappa shape index (κ3) is 6.38. The molecular weight excluding hydrogens is 248 g/mol. The van der Waals surface area contributed by atoms with Gasteiger partial charge in [-0.15, -0.1) is 0 Å². The lowest BCUT2D eigenvalue weighted by Crippen LogP contribution is -2.12. The maximum absolute atomic E-state index is 10.7. The Morgan fingerprint density at radius 2 is 1.79 bits per heavy atom. The highest BCUT2D eigenvalue weighted by atomic mass is 16.6. The quantitative estimate of drug-likeness (QED) is 0.293. The lowest BCUT2D eigenvalue weighted by molar-refractivity contribution is -0.139. The van der Waals surface area contributed by atoms with E-state index in [4.69, 9.17) is 14.2 Å². The van der Waals surface area contributed by atoms with Crippen molar-refractivity contribution < 1.29 is 23.8 Å². The van der Waals surface area contributed by atoms with Crippen LogP contribution in [0.5, 0.6) is 5.75 Å². The molecule has 0 aliphatic heterocycles. The van der Waals surface area contributed by atoms with Gasteiger partial charge in [0, 0.05) is 11.6 Å². The molecule has 0 saturated carbocycles. The molecule has 1 rings (SSSR count). The molecule has 0 aliphatic carbocycles. The van der Waals surface area contributed by atoms with Crippen LogP contribution in [0.15, 0.2) is 36.9 Å². The number of ether oxygens (including phenoxy) is 3. The summed E-state index contributed by atoms with van der Waals surface area (Å²) in [4.78, 5) is 21.1. The highest BCUT2D eigenvalue weighted by molar-refractivity contribution is 5.81. The lowest BCUT2D eigenvalue weighted by atomic mass is 10.2. The van der Waals surface area contributed by atoms with E-state index in [-0.39, 0.29) is 6.61 Å². The minimum atomic E-state index is -0.463. The first-order valence-electron chi connectivity index (χ1n) is 5.81. The monoisotopic (exact) mass is 264 g/mol. The van der Waals surface area contributed by atoms with Gasteiger partial charge in [0.25, 0.3) is 0 Å². The molecule has 0 aliphatic rings. The Balaban J connectivity index is 2.05. The van der Waals surface area contributed by atoms with Gasteiger partial charge in [-0.25, -0.2) is 4.79 Å². The summed E-state index contributed by atoms with van der Waals surface area (Å²) in [6.07, 6.45) is 1.88. The largest absolute Gasteiger partial charge is 0.491 e. The highest BCUT2D eigenvalue weighted by Crippen LogP contribution is 2.10. The Labute approximate surface area is 111 Å². The van der Waals surface area contributed by atoms with E-state index in [0.29, 0.717) is 31.1 Å². The Bertz CT molecular complexity index is 410. The molecule has 0 bridgehead atoms. The van der Waals surface area contributed by atoms with Gasteiger partial charge in [0.2, 0.25) is 0 Å². The van der Waals surface area contributed by atoms with Crippen LogP contribution in [0.2, 0.25) is 0 Å². The van der Waals surface area contributed by atoms with Crippen LogP contribution in [0.25, 0.3) is 0 Å². The first kappa shape index (κ1) is 14.9. The molecule has 0 aromatic heterocycles. The second-order valence-electron chi connectivity index (χ2n) is 3.52. The molecule has 0 saturated heterocycles. The van der Waals surface area contributed by atoms with E-state index in [1.165, 1.54) is 0 Å². The van der Waals surface area contributed by atoms with Crippen molar-refractivity contribution in [3.63, 3.8) is 0 Å². The van der Waals surface area contributed by atoms with Gasteiger partial charge in [0.15, 0.2) is 0 Å². The van der Waals surface area contributed by atoms with Crippen molar-refractivity contribution in [2.75, 3.05) is 26.4 Å². The van der Waals surface area contributed by atoms with E-state index in [1.807, 2.05) is 0 Å². The fourth-order valence-electron chi connectivity index (χ4n) is 1.22. The maximum Gasteiger partial charge on any atom is 0.330 e. The second-order valence-corrected chi connectivity index (χ2v) is 3.52. The lowest BCUT2D eigenvalue weighted by Gasteiger charge is -2.07. The van der Waals surface area contributed by atoms with Crippen molar-refractivity contribution >= 4 is 12.3 Å². The summed E-state index contributed by atoms with van der Waals surface area (Å²) in [6.45, 7) is 4.56. The smallest absolute Gasteiger partial charge is 0.330 e. The predicted molar refractivity (Wildman–Crippen MR) is 69.3 cm³/mol. The van der Waals surface area contributed by atoms with Gasteiger partial charge in [0.05, 0.1) is 13.2 Å². The van der Waals surface area contributed by atoms with Gasteiger partial charge in [-0.1, -0.05) is 6.58 Å². The van der Waals surface area contributed by atoms with Gasteiger partial charge >= 0.3 is 5.97 Å². The standard InChI is InChI=1S/C14H16O5/c1-2-14(16)19-10-8-17-7-9-18-13-5-3-12(11-15)4-6-13/h2-6,11H,1,7-10H2. The zero-order valence-corrected chi connectivity index (χ0v) is 10.5. The Hall–Kier alpha value is -2.14. The van der Waals surface area contributed by atoms with Crippen LogP contribution in [-0.2, 0) is 14.3 Å². The molecule has 1 aromatic carbocycles. The molecule has 0 spiro atoms. The molecule has 0 amide bonds. The van der Waals surface area contributed by atoms with E-state index < -0.39 is 5.97 Å². The number of carbonyl (C=O) groups is 2. The molecule has 102 valence electrons. The van der Waals surface area contributed by atoms with E-state index in [1.54, 1.807) is 24.3 Å². The number of aldehydes is 1. The average molecular weight is 264 g/mol. The Morgan fingerprint density at radius 3 is 2.42 bits per heavy atom. The predicted octanol–water partition coefficient (Wildman–Crippen LogP) is 1.62. The van der Waals surface area contributed by atoms with Crippen molar-refractivity contribution in [3.8, 4) is 5.75 Å². The van der Waals surface area contributed by atoms with Crippen LogP contribution < -0.4 is 4.74 Å². The fourth-order valence-corrected chi connectivity index (χ4v) is 1.22. The SMILES string of the molecule is C=CC(=O)OCCOCCOc1ccc(C=O)cc1. The highest BCUT2D eigenvalue weighted by Gasteiger charge is 1.97. The number of rotatable bonds is 9. The molecule has 0 fully saturated rings. The summed E-state index contributed by atoms with van der Waals surface area (Å²) < 4.78 is 15.3. The third-order valence-corrected chi connectivity index (χ3v) is 2.15. The van der Waals surface area contributed by atoms with Crippen molar-refractivity contribution in [2.45, 2.75) is 0 Å². The molecular formula is C14H16O5. The zero-order valence-electron chi connectivity index (χ0n) is 10.5. The number of hydrogen-bond donors (Lipinski definition) is 0. The number of carbonyl (C=O) groups excluding carboxylic acids is 2. The minimum absolute atomic E-state index is 0.193. The first-order chi connectivity index (χ1) is 9.26.